The highest BCUT2D eigenvalue weighted by molar-refractivity contribution is 7.09. The molecule has 0 spiro atoms. The van der Waals surface area contributed by atoms with Crippen LogP contribution in [0, 0.1) is 0 Å². The first-order valence-electron chi connectivity index (χ1n) is 7.66. The van der Waals surface area contributed by atoms with Gasteiger partial charge in [0.25, 0.3) is 0 Å². The first-order chi connectivity index (χ1) is 9.30. The standard InChI is InChI=1S/C16H31N3S/c1-13(2)19(6)10-8-7-9-17-11-14-12-20-15(18-14)16(3,4)5/h12-13,17H,7-11H2,1-6H3. The molecule has 20 heavy (non-hydrogen) atoms. The Morgan fingerprint density at radius 2 is 2.00 bits per heavy atom. The van der Waals surface area contributed by atoms with Gasteiger partial charge in [0.1, 0.15) is 0 Å². The van der Waals surface area contributed by atoms with E-state index in [0.29, 0.717) is 6.04 Å². The molecule has 0 saturated heterocycles. The summed E-state index contributed by atoms with van der Waals surface area (Å²) in [5.41, 5.74) is 1.35. The van der Waals surface area contributed by atoms with Gasteiger partial charge in [-0.05, 0) is 46.8 Å². The van der Waals surface area contributed by atoms with Crippen LogP contribution in [0.2, 0.25) is 0 Å². The monoisotopic (exact) mass is 297 g/mol. The Bertz CT molecular complexity index is 379. The normalized spacial score (nSPS) is 12.6. The van der Waals surface area contributed by atoms with Crippen LogP contribution < -0.4 is 5.32 Å². The van der Waals surface area contributed by atoms with Crippen molar-refractivity contribution in [3.8, 4) is 0 Å². The van der Waals surface area contributed by atoms with Gasteiger partial charge in [-0.2, -0.15) is 0 Å². The van der Waals surface area contributed by atoms with Crippen molar-refractivity contribution in [1.82, 2.24) is 15.2 Å². The summed E-state index contributed by atoms with van der Waals surface area (Å²) < 4.78 is 0. The minimum Gasteiger partial charge on any atom is -0.311 e. The lowest BCUT2D eigenvalue weighted by atomic mass is 9.98. The van der Waals surface area contributed by atoms with E-state index in [1.807, 2.05) is 0 Å². The molecule has 1 N–H and O–H groups in total. The molecule has 1 rings (SSSR count). The zero-order valence-corrected chi connectivity index (χ0v) is 14.8. The van der Waals surface area contributed by atoms with Crippen molar-refractivity contribution in [2.75, 3.05) is 20.1 Å². The summed E-state index contributed by atoms with van der Waals surface area (Å²) in [5, 5.41) is 6.91. The third-order valence-electron chi connectivity index (χ3n) is 3.50. The van der Waals surface area contributed by atoms with E-state index in [4.69, 9.17) is 4.98 Å². The molecule has 1 aromatic heterocycles. The van der Waals surface area contributed by atoms with Gasteiger partial charge in [-0.15, -0.1) is 11.3 Å². The van der Waals surface area contributed by atoms with Crippen LogP contribution in [-0.2, 0) is 12.0 Å². The van der Waals surface area contributed by atoms with Crippen molar-refractivity contribution in [2.45, 2.75) is 65.5 Å². The summed E-state index contributed by atoms with van der Waals surface area (Å²) >= 11 is 1.77. The molecule has 0 fully saturated rings. The first-order valence-corrected chi connectivity index (χ1v) is 8.54. The predicted octanol–water partition coefficient (Wildman–Crippen LogP) is 3.65. The SMILES string of the molecule is CC(C)N(C)CCCCNCc1csc(C(C)(C)C)n1. The van der Waals surface area contributed by atoms with Crippen molar-refractivity contribution in [3.63, 3.8) is 0 Å². The number of rotatable bonds is 8. The van der Waals surface area contributed by atoms with E-state index in [-0.39, 0.29) is 5.41 Å². The van der Waals surface area contributed by atoms with Crippen LogP contribution in [0.5, 0.6) is 0 Å². The summed E-state index contributed by atoms with van der Waals surface area (Å²) in [6.45, 7) is 14.3. The van der Waals surface area contributed by atoms with Crippen LogP contribution in [0.1, 0.15) is 58.2 Å². The van der Waals surface area contributed by atoms with Crippen molar-refractivity contribution >= 4 is 11.3 Å². The van der Waals surface area contributed by atoms with E-state index < -0.39 is 0 Å². The summed E-state index contributed by atoms with van der Waals surface area (Å²) in [5.74, 6) is 0. The highest BCUT2D eigenvalue weighted by Gasteiger charge is 2.17. The van der Waals surface area contributed by atoms with E-state index in [0.717, 1.165) is 13.1 Å². The molecule has 0 unspecified atom stereocenters. The van der Waals surface area contributed by atoms with Crippen molar-refractivity contribution < 1.29 is 0 Å². The number of thiazole rings is 1. The van der Waals surface area contributed by atoms with Crippen LogP contribution in [-0.4, -0.2) is 36.1 Å². The summed E-state index contributed by atoms with van der Waals surface area (Å²) in [4.78, 5) is 7.10. The quantitative estimate of drug-likeness (QED) is 0.742. The number of aromatic nitrogens is 1. The third kappa shape index (κ3) is 6.33. The minimum absolute atomic E-state index is 0.171. The van der Waals surface area contributed by atoms with Gasteiger partial charge in [-0.3, -0.25) is 0 Å². The molecule has 3 nitrogen and oxygen atoms in total. The van der Waals surface area contributed by atoms with Crippen molar-refractivity contribution in [1.29, 1.82) is 0 Å². The topological polar surface area (TPSA) is 28.2 Å². The van der Waals surface area contributed by atoms with Gasteiger partial charge < -0.3 is 10.2 Å². The van der Waals surface area contributed by atoms with E-state index in [1.165, 1.54) is 30.1 Å². The Hall–Kier alpha value is -0.450. The van der Waals surface area contributed by atoms with E-state index >= 15 is 0 Å². The fourth-order valence-electron chi connectivity index (χ4n) is 1.82. The molecular weight excluding hydrogens is 266 g/mol. The second-order valence-electron chi connectivity index (χ2n) is 6.85. The average Bonchev–Trinajstić information content (AvgIpc) is 2.81. The maximum atomic E-state index is 4.70. The van der Waals surface area contributed by atoms with Gasteiger partial charge in [-0.25, -0.2) is 4.98 Å². The minimum atomic E-state index is 0.171. The highest BCUT2D eigenvalue weighted by Crippen LogP contribution is 2.25. The average molecular weight is 298 g/mol. The maximum Gasteiger partial charge on any atom is 0.0982 e. The summed E-state index contributed by atoms with van der Waals surface area (Å²) in [6, 6.07) is 0.647. The molecule has 116 valence electrons. The lowest BCUT2D eigenvalue weighted by Gasteiger charge is -2.20. The zero-order valence-electron chi connectivity index (χ0n) is 14.0. The van der Waals surface area contributed by atoms with Gasteiger partial charge in [0, 0.05) is 23.4 Å². The van der Waals surface area contributed by atoms with Crippen LogP contribution >= 0.6 is 11.3 Å². The zero-order chi connectivity index (χ0) is 15.2. The van der Waals surface area contributed by atoms with Gasteiger partial charge in [0.15, 0.2) is 0 Å². The summed E-state index contributed by atoms with van der Waals surface area (Å²) in [7, 11) is 2.20. The Labute approximate surface area is 128 Å². The molecular formula is C16H31N3S. The lowest BCUT2D eigenvalue weighted by Crippen LogP contribution is -2.27. The Morgan fingerprint density at radius 1 is 1.30 bits per heavy atom. The highest BCUT2D eigenvalue weighted by atomic mass is 32.1. The fourth-order valence-corrected chi connectivity index (χ4v) is 2.73. The molecule has 4 heteroatoms. The van der Waals surface area contributed by atoms with Crippen molar-refractivity contribution in [3.05, 3.63) is 16.1 Å². The Kier molecular flexibility index (Phi) is 7.13. The summed E-state index contributed by atoms with van der Waals surface area (Å²) in [6.07, 6.45) is 2.49. The van der Waals surface area contributed by atoms with E-state index in [9.17, 15) is 0 Å². The van der Waals surface area contributed by atoms with Crippen LogP contribution in [0.4, 0.5) is 0 Å². The van der Waals surface area contributed by atoms with Crippen LogP contribution in [0.3, 0.4) is 0 Å². The number of hydrogen-bond donors (Lipinski definition) is 1. The predicted molar refractivity (Wildman–Crippen MR) is 89.5 cm³/mol. The Morgan fingerprint density at radius 3 is 2.55 bits per heavy atom. The van der Waals surface area contributed by atoms with E-state index in [1.54, 1.807) is 11.3 Å². The fraction of sp³-hybridized carbons (Fsp3) is 0.812. The number of hydrogen-bond acceptors (Lipinski definition) is 4. The Balaban J connectivity index is 2.14. The number of nitrogens with one attached hydrogen (secondary N) is 1. The van der Waals surface area contributed by atoms with Gasteiger partial charge in [0.2, 0.25) is 0 Å². The first kappa shape index (κ1) is 17.6. The van der Waals surface area contributed by atoms with E-state index in [2.05, 4.69) is 57.3 Å². The van der Waals surface area contributed by atoms with Crippen LogP contribution in [0.25, 0.3) is 0 Å². The van der Waals surface area contributed by atoms with Crippen molar-refractivity contribution in [2.24, 2.45) is 0 Å². The smallest absolute Gasteiger partial charge is 0.0982 e. The molecule has 0 aliphatic rings. The molecule has 0 bridgehead atoms. The maximum absolute atomic E-state index is 4.70. The second-order valence-corrected chi connectivity index (χ2v) is 7.71. The molecule has 0 saturated carbocycles. The molecule has 0 atom stereocenters. The van der Waals surface area contributed by atoms with Crippen LogP contribution in [0.15, 0.2) is 5.38 Å². The molecule has 0 radical (unpaired) electrons. The largest absolute Gasteiger partial charge is 0.311 e. The second kappa shape index (κ2) is 8.11. The number of unbranched alkanes of at least 4 members (excludes halogenated alkanes) is 1. The molecule has 0 aliphatic heterocycles. The molecule has 0 amide bonds. The molecule has 0 aliphatic carbocycles. The third-order valence-corrected chi connectivity index (χ3v) is 4.81. The molecule has 1 aromatic rings. The molecule has 0 aromatic carbocycles. The van der Waals surface area contributed by atoms with Gasteiger partial charge >= 0.3 is 0 Å². The van der Waals surface area contributed by atoms with Gasteiger partial charge in [0.05, 0.1) is 10.7 Å². The molecule has 1 heterocycles. The lowest BCUT2D eigenvalue weighted by molar-refractivity contribution is 0.268. The number of nitrogens with zero attached hydrogens (tertiary/aromatic N) is 2. The van der Waals surface area contributed by atoms with Gasteiger partial charge in [-0.1, -0.05) is 20.8 Å².